The van der Waals surface area contributed by atoms with Crippen LogP contribution in [-0.4, -0.2) is 34.1 Å². The van der Waals surface area contributed by atoms with Crippen LogP contribution >= 0.6 is 0 Å². The van der Waals surface area contributed by atoms with Gasteiger partial charge in [0.2, 0.25) is 0 Å². The van der Waals surface area contributed by atoms with Crippen LogP contribution in [0.2, 0.25) is 0 Å². The van der Waals surface area contributed by atoms with Crippen molar-refractivity contribution in [2.45, 2.75) is 44.1 Å². The molecular weight excluding hydrogens is 330 g/mol. The third kappa shape index (κ3) is 3.10. The average molecular weight is 351 g/mol. The van der Waals surface area contributed by atoms with Crippen molar-refractivity contribution < 1.29 is 19.4 Å². The molecule has 0 saturated carbocycles. The Bertz CT molecular complexity index is 820. The third-order valence-corrected chi connectivity index (χ3v) is 5.29. The molecule has 2 aromatic carbocycles. The SMILES string of the molecule is O=C(O)[C@H]1CC[C@@H](C(=O)N2Cc3ccccc3CC2c2ccccc2)O1. The average Bonchev–Trinajstić information content (AvgIpc) is 3.18. The summed E-state index contributed by atoms with van der Waals surface area (Å²) >= 11 is 0. The van der Waals surface area contributed by atoms with Crippen LogP contribution in [0.4, 0.5) is 0 Å². The zero-order chi connectivity index (χ0) is 18.1. The zero-order valence-corrected chi connectivity index (χ0v) is 14.4. The number of carboxylic acid groups (broad SMARTS) is 1. The van der Waals surface area contributed by atoms with Crippen LogP contribution in [0.3, 0.4) is 0 Å². The van der Waals surface area contributed by atoms with Gasteiger partial charge in [0.15, 0.2) is 6.10 Å². The molecule has 5 nitrogen and oxygen atoms in total. The lowest BCUT2D eigenvalue weighted by Crippen LogP contribution is -2.44. The molecule has 1 N–H and O–H groups in total. The topological polar surface area (TPSA) is 66.8 Å². The third-order valence-electron chi connectivity index (χ3n) is 5.29. The molecule has 2 aliphatic heterocycles. The fourth-order valence-corrected chi connectivity index (χ4v) is 3.91. The number of rotatable bonds is 3. The lowest BCUT2D eigenvalue weighted by molar-refractivity contribution is -0.156. The van der Waals surface area contributed by atoms with Crippen molar-refractivity contribution in [3.05, 3.63) is 71.3 Å². The van der Waals surface area contributed by atoms with Gasteiger partial charge in [-0.2, -0.15) is 0 Å². The molecule has 4 rings (SSSR count). The van der Waals surface area contributed by atoms with Gasteiger partial charge in [-0.25, -0.2) is 4.79 Å². The quantitative estimate of drug-likeness (QED) is 0.923. The minimum Gasteiger partial charge on any atom is -0.479 e. The summed E-state index contributed by atoms with van der Waals surface area (Å²) in [5.41, 5.74) is 3.48. The summed E-state index contributed by atoms with van der Waals surface area (Å²) in [5.74, 6) is -1.11. The molecule has 2 aromatic rings. The van der Waals surface area contributed by atoms with E-state index in [1.807, 2.05) is 53.4 Å². The summed E-state index contributed by atoms with van der Waals surface area (Å²) in [6.45, 7) is 0.520. The lowest BCUT2D eigenvalue weighted by atomic mass is 9.89. The molecule has 1 unspecified atom stereocenters. The Morgan fingerprint density at radius 2 is 1.58 bits per heavy atom. The number of carbonyl (C=O) groups excluding carboxylic acids is 1. The normalized spacial score (nSPS) is 24.9. The molecule has 0 radical (unpaired) electrons. The van der Waals surface area contributed by atoms with Gasteiger partial charge in [-0.05, 0) is 36.0 Å². The number of hydrogen-bond acceptors (Lipinski definition) is 3. The van der Waals surface area contributed by atoms with Gasteiger partial charge in [-0.15, -0.1) is 0 Å². The van der Waals surface area contributed by atoms with Gasteiger partial charge in [0, 0.05) is 6.54 Å². The predicted molar refractivity (Wildman–Crippen MR) is 95.4 cm³/mol. The summed E-state index contributed by atoms with van der Waals surface area (Å²) in [4.78, 5) is 26.2. The van der Waals surface area contributed by atoms with E-state index in [9.17, 15) is 9.59 Å². The molecule has 1 amide bonds. The standard InChI is InChI=1S/C21H21NO4/c23-20(18-10-11-19(26-18)21(24)25)22-13-16-9-5-4-8-15(16)12-17(22)14-6-2-1-3-7-14/h1-9,17-19H,10-13H2,(H,24,25)/t17?,18-,19+/m0/s1. The van der Waals surface area contributed by atoms with E-state index in [1.165, 1.54) is 5.56 Å². The van der Waals surface area contributed by atoms with Crippen molar-refractivity contribution in [2.75, 3.05) is 0 Å². The molecule has 26 heavy (non-hydrogen) atoms. The van der Waals surface area contributed by atoms with E-state index in [1.54, 1.807) is 0 Å². The Morgan fingerprint density at radius 1 is 0.923 bits per heavy atom. The summed E-state index contributed by atoms with van der Waals surface area (Å²) < 4.78 is 5.52. The first-order valence-corrected chi connectivity index (χ1v) is 8.94. The van der Waals surface area contributed by atoms with E-state index >= 15 is 0 Å². The van der Waals surface area contributed by atoms with Gasteiger partial charge in [-0.1, -0.05) is 54.6 Å². The molecule has 0 spiro atoms. The number of hydrogen-bond donors (Lipinski definition) is 1. The Balaban J connectivity index is 1.63. The molecule has 0 bridgehead atoms. The van der Waals surface area contributed by atoms with Gasteiger partial charge >= 0.3 is 5.97 Å². The van der Waals surface area contributed by atoms with Crippen molar-refractivity contribution in [2.24, 2.45) is 0 Å². The first kappa shape index (κ1) is 16.8. The van der Waals surface area contributed by atoms with Gasteiger partial charge < -0.3 is 14.7 Å². The first-order chi connectivity index (χ1) is 12.6. The van der Waals surface area contributed by atoms with E-state index in [0.717, 1.165) is 17.5 Å². The minimum absolute atomic E-state index is 0.0638. The molecule has 0 aromatic heterocycles. The van der Waals surface area contributed by atoms with E-state index in [0.29, 0.717) is 19.4 Å². The summed E-state index contributed by atoms with van der Waals surface area (Å²) in [7, 11) is 0. The second-order valence-electron chi connectivity index (χ2n) is 6.89. The molecule has 2 heterocycles. The van der Waals surface area contributed by atoms with Crippen LogP contribution in [-0.2, 0) is 27.3 Å². The van der Waals surface area contributed by atoms with Crippen LogP contribution in [0.1, 0.15) is 35.6 Å². The van der Waals surface area contributed by atoms with Crippen LogP contribution in [0, 0.1) is 0 Å². The number of amides is 1. The molecule has 134 valence electrons. The number of nitrogens with zero attached hydrogens (tertiary/aromatic N) is 1. The highest BCUT2D eigenvalue weighted by Crippen LogP contribution is 2.35. The van der Waals surface area contributed by atoms with E-state index in [-0.39, 0.29) is 11.9 Å². The molecule has 1 fully saturated rings. The molecule has 3 atom stereocenters. The maximum absolute atomic E-state index is 13.2. The highest BCUT2D eigenvalue weighted by molar-refractivity contribution is 5.83. The fraction of sp³-hybridized carbons (Fsp3) is 0.333. The Kier molecular flexibility index (Phi) is 4.47. The lowest BCUT2D eigenvalue weighted by Gasteiger charge is -2.38. The van der Waals surface area contributed by atoms with Gasteiger partial charge in [0.25, 0.3) is 5.91 Å². The second-order valence-corrected chi connectivity index (χ2v) is 6.89. The Labute approximate surface area is 152 Å². The van der Waals surface area contributed by atoms with Crippen LogP contribution < -0.4 is 0 Å². The van der Waals surface area contributed by atoms with E-state index in [2.05, 4.69) is 6.07 Å². The molecule has 5 heteroatoms. The van der Waals surface area contributed by atoms with Gasteiger partial charge in [-0.3, -0.25) is 4.79 Å². The number of fused-ring (bicyclic) bond motifs is 1. The number of benzene rings is 2. The van der Waals surface area contributed by atoms with Crippen LogP contribution in [0.25, 0.3) is 0 Å². The molecule has 2 aliphatic rings. The minimum atomic E-state index is -0.996. The molecular formula is C21H21NO4. The zero-order valence-electron chi connectivity index (χ0n) is 14.4. The fourth-order valence-electron chi connectivity index (χ4n) is 3.91. The van der Waals surface area contributed by atoms with Crippen LogP contribution in [0.15, 0.2) is 54.6 Å². The highest BCUT2D eigenvalue weighted by Gasteiger charge is 2.40. The Hall–Kier alpha value is -2.66. The number of carbonyl (C=O) groups is 2. The summed E-state index contributed by atoms with van der Waals surface area (Å²) in [6, 6.07) is 18.1. The number of ether oxygens (including phenoxy) is 1. The molecule has 0 aliphatic carbocycles. The van der Waals surface area contributed by atoms with E-state index in [4.69, 9.17) is 9.84 Å². The summed E-state index contributed by atoms with van der Waals surface area (Å²) in [6.07, 6.45) is 0.0339. The van der Waals surface area contributed by atoms with Gasteiger partial charge in [0.1, 0.15) is 6.10 Å². The maximum atomic E-state index is 13.2. The predicted octanol–water partition coefficient (Wildman–Crippen LogP) is 2.94. The maximum Gasteiger partial charge on any atom is 0.332 e. The largest absolute Gasteiger partial charge is 0.479 e. The van der Waals surface area contributed by atoms with Crippen molar-refractivity contribution in [3.8, 4) is 0 Å². The number of aliphatic carboxylic acids is 1. The number of carboxylic acids is 1. The summed E-state index contributed by atoms with van der Waals surface area (Å²) in [5, 5.41) is 9.13. The van der Waals surface area contributed by atoms with Gasteiger partial charge in [0.05, 0.1) is 6.04 Å². The van der Waals surface area contributed by atoms with Crippen molar-refractivity contribution >= 4 is 11.9 Å². The monoisotopic (exact) mass is 351 g/mol. The van der Waals surface area contributed by atoms with Crippen molar-refractivity contribution in [1.29, 1.82) is 0 Å². The molecule has 1 saturated heterocycles. The van der Waals surface area contributed by atoms with E-state index < -0.39 is 18.2 Å². The van der Waals surface area contributed by atoms with Crippen molar-refractivity contribution in [3.63, 3.8) is 0 Å². The Morgan fingerprint density at radius 3 is 2.27 bits per heavy atom. The van der Waals surface area contributed by atoms with Crippen LogP contribution in [0.5, 0.6) is 0 Å². The smallest absolute Gasteiger partial charge is 0.332 e. The van der Waals surface area contributed by atoms with Crippen molar-refractivity contribution in [1.82, 2.24) is 4.90 Å². The first-order valence-electron chi connectivity index (χ1n) is 8.94. The highest BCUT2D eigenvalue weighted by atomic mass is 16.5. The second kappa shape index (κ2) is 6.92.